The summed E-state index contributed by atoms with van der Waals surface area (Å²) in [6.45, 7) is 7.03. The largest absolute Gasteiger partial charge is 0.492 e. The van der Waals surface area contributed by atoms with Crippen LogP contribution in [-0.4, -0.2) is 24.0 Å². The molecule has 0 bridgehead atoms. The molecule has 0 saturated carbocycles. The Labute approximate surface area is 141 Å². The number of aromatic amines is 1. The number of amides is 1. The van der Waals surface area contributed by atoms with Crippen LogP contribution in [0.5, 0.6) is 5.75 Å². The van der Waals surface area contributed by atoms with Gasteiger partial charge in [0.1, 0.15) is 18.1 Å². The summed E-state index contributed by atoms with van der Waals surface area (Å²) in [4.78, 5) is 15.5. The number of rotatable bonds is 5. The van der Waals surface area contributed by atoms with E-state index in [1.165, 1.54) is 11.1 Å². The van der Waals surface area contributed by atoms with Crippen molar-refractivity contribution in [2.24, 2.45) is 0 Å². The molecule has 0 fully saturated rings. The van der Waals surface area contributed by atoms with E-state index in [1.807, 2.05) is 37.3 Å². The quantitative estimate of drug-likeness (QED) is 0.700. The molecule has 1 amide bonds. The van der Waals surface area contributed by atoms with Crippen LogP contribution in [0.3, 0.4) is 0 Å². The van der Waals surface area contributed by atoms with Gasteiger partial charge in [-0.25, -0.2) is 0 Å². The summed E-state index contributed by atoms with van der Waals surface area (Å²) >= 11 is 0. The average Bonchev–Trinajstić information content (AvgIpc) is 2.96. The summed E-state index contributed by atoms with van der Waals surface area (Å²) in [5.41, 5.74) is 5.08. The molecular weight excluding hydrogens is 300 g/mol. The third kappa shape index (κ3) is 3.59. The first-order valence-electron chi connectivity index (χ1n) is 8.10. The van der Waals surface area contributed by atoms with Gasteiger partial charge in [0.15, 0.2) is 0 Å². The maximum atomic E-state index is 12.3. The maximum absolute atomic E-state index is 12.3. The Hall–Kier alpha value is -2.75. The molecule has 24 heavy (non-hydrogen) atoms. The smallest absolute Gasteiger partial charge is 0.267 e. The maximum Gasteiger partial charge on any atom is 0.267 e. The Kier molecular flexibility index (Phi) is 4.56. The van der Waals surface area contributed by atoms with E-state index in [2.05, 4.69) is 36.3 Å². The number of benzene rings is 2. The normalized spacial score (nSPS) is 10.8. The second-order valence-electron chi connectivity index (χ2n) is 6.15. The van der Waals surface area contributed by atoms with Crippen LogP contribution in [0.25, 0.3) is 10.9 Å². The van der Waals surface area contributed by atoms with Crippen molar-refractivity contribution >= 4 is 16.8 Å². The van der Waals surface area contributed by atoms with Gasteiger partial charge < -0.3 is 15.0 Å². The van der Waals surface area contributed by atoms with Crippen molar-refractivity contribution in [2.45, 2.75) is 20.8 Å². The molecule has 0 aliphatic carbocycles. The van der Waals surface area contributed by atoms with E-state index < -0.39 is 0 Å². The monoisotopic (exact) mass is 322 g/mol. The van der Waals surface area contributed by atoms with E-state index in [1.54, 1.807) is 0 Å². The van der Waals surface area contributed by atoms with Crippen LogP contribution in [0, 0.1) is 20.8 Å². The number of nitrogens with one attached hydrogen (secondary N) is 2. The number of carbonyl (C=O) groups excluding carboxylic acids is 1. The molecule has 4 nitrogen and oxygen atoms in total. The van der Waals surface area contributed by atoms with E-state index in [9.17, 15) is 4.79 Å². The Balaban J connectivity index is 1.58. The number of hydrogen-bond donors (Lipinski definition) is 2. The van der Waals surface area contributed by atoms with E-state index in [-0.39, 0.29) is 5.91 Å². The van der Waals surface area contributed by atoms with Gasteiger partial charge in [-0.1, -0.05) is 18.2 Å². The Morgan fingerprint density at radius 3 is 2.71 bits per heavy atom. The first-order chi connectivity index (χ1) is 11.5. The number of hydrogen-bond acceptors (Lipinski definition) is 2. The first kappa shape index (κ1) is 16.1. The molecule has 124 valence electrons. The van der Waals surface area contributed by atoms with Crippen LogP contribution in [-0.2, 0) is 0 Å². The van der Waals surface area contributed by atoms with Gasteiger partial charge >= 0.3 is 0 Å². The predicted molar refractivity (Wildman–Crippen MR) is 96.8 cm³/mol. The summed E-state index contributed by atoms with van der Waals surface area (Å²) in [6, 6.07) is 13.9. The fourth-order valence-electron chi connectivity index (χ4n) is 2.86. The van der Waals surface area contributed by atoms with Crippen molar-refractivity contribution < 1.29 is 9.53 Å². The van der Waals surface area contributed by atoms with Crippen molar-refractivity contribution in [3.63, 3.8) is 0 Å². The van der Waals surface area contributed by atoms with Gasteiger partial charge in [0.2, 0.25) is 0 Å². The Morgan fingerprint density at radius 1 is 1.08 bits per heavy atom. The molecule has 0 unspecified atom stereocenters. The molecular formula is C20H22N2O2. The average molecular weight is 322 g/mol. The summed E-state index contributed by atoms with van der Waals surface area (Å²) < 4.78 is 5.64. The lowest BCUT2D eigenvalue weighted by Gasteiger charge is -2.07. The van der Waals surface area contributed by atoms with Gasteiger partial charge in [-0.3, -0.25) is 4.79 Å². The van der Waals surface area contributed by atoms with Gasteiger partial charge in [0.25, 0.3) is 5.91 Å². The highest BCUT2D eigenvalue weighted by Gasteiger charge is 2.10. The van der Waals surface area contributed by atoms with Crippen molar-refractivity contribution in [2.75, 3.05) is 13.2 Å². The number of aromatic nitrogens is 1. The molecule has 0 saturated heterocycles. The van der Waals surface area contributed by atoms with E-state index >= 15 is 0 Å². The number of fused-ring (bicyclic) bond motifs is 1. The van der Waals surface area contributed by atoms with Crippen molar-refractivity contribution in [3.05, 3.63) is 64.8 Å². The van der Waals surface area contributed by atoms with Crippen molar-refractivity contribution in [1.29, 1.82) is 0 Å². The molecule has 4 heteroatoms. The standard InChI is InChI=1S/C20H22N2O2/c1-13-5-4-6-16(10-13)24-8-7-21-20(23)19-12-17-15(3)9-14(2)11-18(17)22-19/h4-6,9-12,22H,7-8H2,1-3H3,(H,21,23). The third-order valence-corrected chi connectivity index (χ3v) is 3.98. The number of aryl methyl sites for hydroxylation is 3. The molecule has 3 rings (SSSR count). The third-order valence-electron chi connectivity index (χ3n) is 3.98. The molecule has 0 atom stereocenters. The first-order valence-corrected chi connectivity index (χ1v) is 8.10. The SMILES string of the molecule is Cc1cccc(OCCNC(=O)c2cc3c(C)cc(C)cc3[nH]2)c1. The predicted octanol–water partition coefficient (Wildman–Crippen LogP) is 3.90. The van der Waals surface area contributed by atoms with Gasteiger partial charge in [0, 0.05) is 10.9 Å². The van der Waals surface area contributed by atoms with E-state index in [4.69, 9.17) is 4.74 Å². The lowest BCUT2D eigenvalue weighted by atomic mass is 10.1. The summed E-state index contributed by atoms with van der Waals surface area (Å²) in [6.07, 6.45) is 0. The topological polar surface area (TPSA) is 54.1 Å². The minimum absolute atomic E-state index is 0.115. The molecule has 3 aromatic rings. The number of ether oxygens (including phenoxy) is 1. The lowest BCUT2D eigenvalue weighted by Crippen LogP contribution is -2.28. The molecule has 2 aromatic carbocycles. The fourth-order valence-corrected chi connectivity index (χ4v) is 2.86. The molecule has 1 aromatic heterocycles. The Morgan fingerprint density at radius 2 is 1.92 bits per heavy atom. The summed E-state index contributed by atoms with van der Waals surface area (Å²) in [5.74, 6) is 0.706. The zero-order chi connectivity index (χ0) is 17.1. The van der Waals surface area contributed by atoms with Crippen LogP contribution >= 0.6 is 0 Å². The highest BCUT2D eigenvalue weighted by atomic mass is 16.5. The molecule has 0 radical (unpaired) electrons. The van der Waals surface area contributed by atoms with Gasteiger partial charge in [-0.15, -0.1) is 0 Å². The lowest BCUT2D eigenvalue weighted by molar-refractivity contribution is 0.0943. The van der Waals surface area contributed by atoms with Gasteiger partial charge in [-0.2, -0.15) is 0 Å². The fraction of sp³-hybridized carbons (Fsp3) is 0.250. The van der Waals surface area contributed by atoms with Gasteiger partial charge in [0.05, 0.1) is 6.54 Å². The zero-order valence-corrected chi connectivity index (χ0v) is 14.3. The summed E-state index contributed by atoms with van der Waals surface area (Å²) in [7, 11) is 0. The van der Waals surface area contributed by atoms with E-state index in [0.29, 0.717) is 18.8 Å². The van der Waals surface area contributed by atoms with Gasteiger partial charge in [-0.05, 0) is 61.7 Å². The number of carbonyl (C=O) groups is 1. The molecule has 0 aliphatic rings. The minimum Gasteiger partial charge on any atom is -0.492 e. The van der Waals surface area contributed by atoms with E-state index in [0.717, 1.165) is 22.2 Å². The van der Waals surface area contributed by atoms with Crippen LogP contribution < -0.4 is 10.1 Å². The number of H-pyrrole nitrogens is 1. The van der Waals surface area contributed by atoms with Crippen LogP contribution in [0.2, 0.25) is 0 Å². The molecule has 0 spiro atoms. The minimum atomic E-state index is -0.115. The Bertz CT molecular complexity index is 880. The van der Waals surface area contributed by atoms with Crippen molar-refractivity contribution in [1.82, 2.24) is 10.3 Å². The second kappa shape index (κ2) is 6.79. The molecule has 1 heterocycles. The van der Waals surface area contributed by atoms with Crippen LogP contribution in [0.1, 0.15) is 27.2 Å². The highest BCUT2D eigenvalue weighted by Crippen LogP contribution is 2.21. The highest BCUT2D eigenvalue weighted by molar-refractivity contribution is 5.98. The molecule has 2 N–H and O–H groups in total. The summed E-state index contributed by atoms with van der Waals surface area (Å²) in [5, 5.41) is 3.97. The van der Waals surface area contributed by atoms with Crippen LogP contribution in [0.4, 0.5) is 0 Å². The van der Waals surface area contributed by atoms with Crippen molar-refractivity contribution in [3.8, 4) is 5.75 Å². The zero-order valence-electron chi connectivity index (χ0n) is 14.3. The molecule has 0 aliphatic heterocycles. The second-order valence-corrected chi connectivity index (χ2v) is 6.15. The van der Waals surface area contributed by atoms with Crippen LogP contribution in [0.15, 0.2) is 42.5 Å².